The van der Waals surface area contributed by atoms with Crippen molar-refractivity contribution in [1.82, 2.24) is 20.0 Å². The van der Waals surface area contributed by atoms with Gasteiger partial charge in [-0.25, -0.2) is 0 Å². The smallest absolute Gasteiger partial charge is 0.269 e. The lowest BCUT2D eigenvalue weighted by Gasteiger charge is -2.34. The van der Waals surface area contributed by atoms with Crippen LogP contribution in [0.25, 0.3) is 0 Å². The summed E-state index contributed by atoms with van der Waals surface area (Å²) < 4.78 is 1.65. The average molecular weight is 308 g/mol. The number of aryl methyl sites for hydroxylation is 2. The first-order valence-electron chi connectivity index (χ1n) is 8.31. The first-order chi connectivity index (χ1) is 10.7. The molecule has 1 fully saturated rings. The van der Waals surface area contributed by atoms with E-state index in [9.17, 15) is 9.90 Å². The van der Waals surface area contributed by atoms with Crippen LogP contribution in [0.2, 0.25) is 0 Å². The zero-order valence-corrected chi connectivity index (χ0v) is 13.7. The van der Waals surface area contributed by atoms with Gasteiger partial charge in [0.25, 0.3) is 5.91 Å². The molecule has 0 aromatic carbocycles. The zero-order valence-electron chi connectivity index (χ0n) is 13.7. The van der Waals surface area contributed by atoms with E-state index in [-0.39, 0.29) is 18.6 Å². The highest BCUT2D eigenvalue weighted by molar-refractivity contribution is 5.92. The second-order valence-electron chi connectivity index (χ2n) is 6.02. The molecule has 22 heavy (non-hydrogen) atoms. The minimum atomic E-state index is -0.0742. The third-order valence-corrected chi connectivity index (χ3v) is 4.31. The van der Waals surface area contributed by atoms with Crippen LogP contribution in [0, 0.1) is 0 Å². The fourth-order valence-corrected chi connectivity index (χ4v) is 3.08. The molecular formula is C16H28N4O2. The summed E-state index contributed by atoms with van der Waals surface area (Å²) in [7, 11) is 1.81. The average Bonchev–Trinajstić information content (AvgIpc) is 2.89. The number of carbonyl (C=O) groups is 1. The minimum Gasteiger partial charge on any atom is -0.395 e. The Hall–Kier alpha value is -1.40. The molecule has 0 bridgehead atoms. The number of nitrogens with zero attached hydrogens (tertiary/aromatic N) is 3. The molecule has 0 radical (unpaired) electrons. The molecule has 0 aliphatic carbocycles. The maximum Gasteiger partial charge on any atom is 0.269 e. The van der Waals surface area contributed by atoms with Crippen LogP contribution >= 0.6 is 0 Å². The zero-order chi connectivity index (χ0) is 15.9. The third kappa shape index (κ3) is 4.30. The quantitative estimate of drug-likeness (QED) is 0.787. The van der Waals surface area contributed by atoms with E-state index in [1.54, 1.807) is 11.7 Å². The molecule has 1 aromatic heterocycles. The maximum atomic E-state index is 12.2. The summed E-state index contributed by atoms with van der Waals surface area (Å²) >= 11 is 0. The largest absolute Gasteiger partial charge is 0.395 e. The normalized spacial score (nSPS) is 19.3. The van der Waals surface area contributed by atoms with Gasteiger partial charge in [-0.1, -0.05) is 19.8 Å². The molecule has 0 saturated carbocycles. The molecule has 1 aliphatic heterocycles. The van der Waals surface area contributed by atoms with Crippen LogP contribution in [0.4, 0.5) is 0 Å². The van der Waals surface area contributed by atoms with E-state index in [1.807, 2.05) is 6.07 Å². The number of rotatable bonds is 7. The number of aromatic nitrogens is 2. The van der Waals surface area contributed by atoms with E-state index >= 15 is 0 Å². The summed E-state index contributed by atoms with van der Waals surface area (Å²) in [6.07, 6.45) is 5.32. The van der Waals surface area contributed by atoms with Crippen molar-refractivity contribution in [1.29, 1.82) is 0 Å². The van der Waals surface area contributed by atoms with Crippen LogP contribution in [0.3, 0.4) is 0 Å². The number of nitrogens with one attached hydrogen (secondary N) is 1. The molecule has 1 amide bonds. The van der Waals surface area contributed by atoms with E-state index in [0.717, 1.165) is 38.0 Å². The predicted octanol–water partition coefficient (Wildman–Crippen LogP) is 0.949. The summed E-state index contributed by atoms with van der Waals surface area (Å²) in [6, 6.07) is 2.12. The molecule has 0 spiro atoms. The van der Waals surface area contributed by atoms with E-state index in [1.165, 1.54) is 12.8 Å². The molecule has 1 aromatic rings. The molecule has 124 valence electrons. The highest BCUT2D eigenvalue weighted by Gasteiger charge is 2.21. The van der Waals surface area contributed by atoms with Crippen molar-refractivity contribution in [2.45, 2.75) is 45.1 Å². The van der Waals surface area contributed by atoms with Gasteiger partial charge >= 0.3 is 0 Å². The van der Waals surface area contributed by atoms with Crippen molar-refractivity contribution in [2.24, 2.45) is 7.05 Å². The third-order valence-electron chi connectivity index (χ3n) is 4.31. The van der Waals surface area contributed by atoms with Crippen LogP contribution in [-0.2, 0) is 13.5 Å². The summed E-state index contributed by atoms with van der Waals surface area (Å²) in [5.41, 5.74) is 1.58. The molecule has 6 heteroatoms. The predicted molar refractivity (Wildman–Crippen MR) is 85.8 cm³/mol. The number of piperidine rings is 1. The van der Waals surface area contributed by atoms with Crippen molar-refractivity contribution in [3.8, 4) is 0 Å². The van der Waals surface area contributed by atoms with Crippen molar-refractivity contribution < 1.29 is 9.90 Å². The van der Waals surface area contributed by atoms with Gasteiger partial charge in [0.05, 0.1) is 12.3 Å². The Balaban J connectivity index is 1.82. The number of aliphatic hydroxyl groups excluding tert-OH is 1. The van der Waals surface area contributed by atoms with Crippen LogP contribution in [0.1, 0.15) is 48.8 Å². The summed E-state index contributed by atoms with van der Waals surface area (Å²) in [5, 5.41) is 16.7. The van der Waals surface area contributed by atoms with Crippen LogP contribution in [0.5, 0.6) is 0 Å². The molecule has 0 unspecified atom stereocenters. The number of aliphatic hydroxyl groups is 1. The van der Waals surface area contributed by atoms with Crippen molar-refractivity contribution in [3.05, 3.63) is 17.5 Å². The number of amides is 1. The highest BCUT2D eigenvalue weighted by Crippen LogP contribution is 2.15. The second-order valence-corrected chi connectivity index (χ2v) is 6.02. The summed E-state index contributed by atoms with van der Waals surface area (Å²) in [6.45, 7) is 4.70. The molecule has 1 aliphatic rings. The minimum absolute atomic E-state index is 0.0742. The van der Waals surface area contributed by atoms with Crippen molar-refractivity contribution in [3.63, 3.8) is 0 Å². The Bertz CT molecular complexity index is 486. The first-order valence-corrected chi connectivity index (χ1v) is 8.31. The molecule has 2 heterocycles. The first kappa shape index (κ1) is 17.0. The van der Waals surface area contributed by atoms with Gasteiger partial charge < -0.3 is 10.4 Å². The van der Waals surface area contributed by atoms with Crippen molar-refractivity contribution in [2.75, 3.05) is 26.2 Å². The SMILES string of the molecule is CCCc1cc(C(=O)NCCN2CCCC[C@H]2CO)n(C)n1. The van der Waals surface area contributed by atoms with Crippen LogP contribution in [0.15, 0.2) is 6.07 Å². The van der Waals surface area contributed by atoms with Gasteiger partial charge in [-0.3, -0.25) is 14.4 Å². The van der Waals surface area contributed by atoms with E-state index in [2.05, 4.69) is 22.2 Å². The van der Waals surface area contributed by atoms with Gasteiger partial charge in [-0.2, -0.15) is 5.10 Å². The topological polar surface area (TPSA) is 70.4 Å². The monoisotopic (exact) mass is 308 g/mol. The lowest BCUT2D eigenvalue weighted by molar-refractivity contribution is 0.0844. The summed E-state index contributed by atoms with van der Waals surface area (Å²) in [4.78, 5) is 14.5. The van der Waals surface area contributed by atoms with Crippen molar-refractivity contribution >= 4 is 5.91 Å². The van der Waals surface area contributed by atoms with Crippen LogP contribution in [-0.4, -0.2) is 58.0 Å². The standard InChI is InChI=1S/C16H28N4O2/c1-3-6-13-11-15(19(2)18-13)16(22)17-8-10-20-9-5-4-7-14(20)12-21/h11,14,21H,3-10,12H2,1-2H3,(H,17,22)/t14-/m0/s1. The Labute approximate surface area is 132 Å². The molecule has 2 rings (SSSR count). The molecular weight excluding hydrogens is 280 g/mol. The number of likely N-dealkylation sites (tertiary alicyclic amines) is 1. The lowest BCUT2D eigenvalue weighted by Crippen LogP contribution is -2.45. The fraction of sp³-hybridized carbons (Fsp3) is 0.750. The van der Waals surface area contributed by atoms with Gasteiger partial charge in [0.1, 0.15) is 5.69 Å². The molecule has 6 nitrogen and oxygen atoms in total. The molecule has 2 N–H and O–H groups in total. The Morgan fingerprint density at radius 1 is 1.50 bits per heavy atom. The maximum absolute atomic E-state index is 12.2. The second kappa shape index (κ2) is 8.29. The number of hydrogen-bond acceptors (Lipinski definition) is 4. The van der Waals surface area contributed by atoms with E-state index in [4.69, 9.17) is 0 Å². The summed E-state index contributed by atoms with van der Waals surface area (Å²) in [5.74, 6) is -0.0742. The Morgan fingerprint density at radius 3 is 3.05 bits per heavy atom. The highest BCUT2D eigenvalue weighted by atomic mass is 16.3. The number of hydrogen-bond donors (Lipinski definition) is 2. The van der Waals surface area contributed by atoms with Gasteiger partial charge in [-0.05, 0) is 31.9 Å². The van der Waals surface area contributed by atoms with Gasteiger partial charge in [0.2, 0.25) is 0 Å². The molecule has 1 atom stereocenters. The number of carbonyl (C=O) groups excluding carboxylic acids is 1. The lowest BCUT2D eigenvalue weighted by atomic mass is 10.0. The fourth-order valence-electron chi connectivity index (χ4n) is 3.08. The van der Waals surface area contributed by atoms with E-state index < -0.39 is 0 Å². The van der Waals surface area contributed by atoms with Gasteiger partial charge in [0, 0.05) is 26.2 Å². The van der Waals surface area contributed by atoms with Gasteiger partial charge in [0.15, 0.2) is 0 Å². The Kier molecular flexibility index (Phi) is 6.39. The van der Waals surface area contributed by atoms with Crippen LogP contribution < -0.4 is 5.32 Å². The van der Waals surface area contributed by atoms with Gasteiger partial charge in [-0.15, -0.1) is 0 Å². The Morgan fingerprint density at radius 2 is 2.32 bits per heavy atom. The molecule has 1 saturated heterocycles. The van der Waals surface area contributed by atoms with E-state index in [0.29, 0.717) is 12.2 Å².